The van der Waals surface area contributed by atoms with E-state index in [-0.39, 0.29) is 5.97 Å². The normalized spacial score (nSPS) is 21.1. The molecule has 86 valence electrons. The van der Waals surface area contributed by atoms with Crippen LogP contribution in [-0.2, 0) is 14.3 Å². The Morgan fingerprint density at radius 2 is 2.07 bits per heavy atom. The second-order valence-corrected chi connectivity index (χ2v) is 4.80. The SMILES string of the molecule is CC(C)(C)OC(=O)/C=C1/CCCOCC1. The summed E-state index contributed by atoms with van der Waals surface area (Å²) in [6.07, 6.45) is 4.41. The minimum atomic E-state index is -0.407. The number of rotatable bonds is 1. The lowest BCUT2D eigenvalue weighted by atomic mass is 10.1. The highest BCUT2D eigenvalue weighted by Gasteiger charge is 2.15. The molecule has 0 aliphatic carbocycles. The molecule has 0 aromatic heterocycles. The van der Waals surface area contributed by atoms with Crippen molar-refractivity contribution in [1.29, 1.82) is 0 Å². The maximum atomic E-state index is 11.5. The van der Waals surface area contributed by atoms with Crippen LogP contribution in [0.25, 0.3) is 0 Å². The van der Waals surface area contributed by atoms with E-state index in [9.17, 15) is 4.79 Å². The fraction of sp³-hybridized carbons (Fsp3) is 0.750. The minimum Gasteiger partial charge on any atom is -0.457 e. The van der Waals surface area contributed by atoms with E-state index < -0.39 is 5.60 Å². The van der Waals surface area contributed by atoms with Crippen molar-refractivity contribution in [1.82, 2.24) is 0 Å². The number of carbonyl (C=O) groups is 1. The molecule has 3 nitrogen and oxygen atoms in total. The molecule has 0 radical (unpaired) electrons. The summed E-state index contributed by atoms with van der Waals surface area (Å²) in [5.41, 5.74) is 0.733. The largest absolute Gasteiger partial charge is 0.457 e. The van der Waals surface area contributed by atoms with Gasteiger partial charge in [-0.15, -0.1) is 0 Å². The van der Waals surface area contributed by atoms with E-state index >= 15 is 0 Å². The molecular weight excluding hydrogens is 192 g/mol. The van der Waals surface area contributed by atoms with Crippen molar-refractivity contribution in [3.63, 3.8) is 0 Å². The molecule has 3 heteroatoms. The van der Waals surface area contributed by atoms with Crippen LogP contribution in [0.4, 0.5) is 0 Å². The molecule has 0 spiro atoms. The number of carbonyl (C=O) groups excluding carboxylic acids is 1. The molecule has 15 heavy (non-hydrogen) atoms. The first-order valence-electron chi connectivity index (χ1n) is 5.47. The average Bonchev–Trinajstić information content (AvgIpc) is 2.28. The minimum absolute atomic E-state index is 0.237. The molecule has 0 aromatic carbocycles. The summed E-state index contributed by atoms with van der Waals surface area (Å²) < 4.78 is 10.5. The summed E-state index contributed by atoms with van der Waals surface area (Å²) in [6.45, 7) is 7.14. The van der Waals surface area contributed by atoms with Gasteiger partial charge in [0.2, 0.25) is 0 Å². The van der Waals surface area contributed by atoms with Crippen LogP contribution in [0.5, 0.6) is 0 Å². The number of hydrogen-bond acceptors (Lipinski definition) is 3. The molecule has 1 fully saturated rings. The zero-order valence-corrected chi connectivity index (χ0v) is 9.84. The number of hydrogen-bond donors (Lipinski definition) is 0. The highest BCUT2D eigenvalue weighted by molar-refractivity contribution is 5.83. The van der Waals surface area contributed by atoms with Crippen molar-refractivity contribution in [2.75, 3.05) is 13.2 Å². The van der Waals surface area contributed by atoms with Gasteiger partial charge in [-0.1, -0.05) is 5.57 Å². The smallest absolute Gasteiger partial charge is 0.331 e. The van der Waals surface area contributed by atoms with Crippen molar-refractivity contribution in [2.24, 2.45) is 0 Å². The molecule has 0 atom stereocenters. The zero-order chi connectivity index (χ0) is 11.3. The van der Waals surface area contributed by atoms with E-state index in [0.717, 1.165) is 31.4 Å². The van der Waals surface area contributed by atoms with E-state index in [0.29, 0.717) is 6.61 Å². The second-order valence-electron chi connectivity index (χ2n) is 4.80. The summed E-state index contributed by atoms with van der Waals surface area (Å²) >= 11 is 0. The molecule has 1 aliphatic heterocycles. The van der Waals surface area contributed by atoms with Crippen molar-refractivity contribution >= 4 is 5.97 Å². The van der Waals surface area contributed by atoms with Gasteiger partial charge in [-0.05, 0) is 40.0 Å². The van der Waals surface area contributed by atoms with Crippen molar-refractivity contribution in [2.45, 2.75) is 45.6 Å². The molecule has 0 bridgehead atoms. The first-order chi connectivity index (χ1) is 6.97. The lowest BCUT2D eigenvalue weighted by molar-refractivity contribution is -0.148. The van der Waals surface area contributed by atoms with Crippen LogP contribution in [0.15, 0.2) is 11.6 Å². The Hall–Kier alpha value is -0.830. The Morgan fingerprint density at radius 3 is 2.73 bits per heavy atom. The Bertz CT molecular complexity index is 238. The van der Waals surface area contributed by atoms with Crippen LogP contribution in [0.2, 0.25) is 0 Å². The monoisotopic (exact) mass is 212 g/mol. The van der Waals surface area contributed by atoms with Gasteiger partial charge in [-0.2, -0.15) is 0 Å². The molecular formula is C12H20O3. The summed E-state index contributed by atoms with van der Waals surface area (Å²) in [7, 11) is 0. The topological polar surface area (TPSA) is 35.5 Å². The second kappa shape index (κ2) is 5.31. The van der Waals surface area contributed by atoms with Crippen molar-refractivity contribution < 1.29 is 14.3 Å². The third-order valence-electron chi connectivity index (χ3n) is 2.08. The molecule has 1 aliphatic rings. The van der Waals surface area contributed by atoms with E-state index in [1.165, 1.54) is 0 Å². The van der Waals surface area contributed by atoms with Gasteiger partial charge < -0.3 is 9.47 Å². The summed E-state index contributed by atoms with van der Waals surface area (Å²) in [6, 6.07) is 0. The van der Waals surface area contributed by atoms with E-state index in [1.807, 2.05) is 20.8 Å². The third kappa shape index (κ3) is 5.57. The Kier molecular flexibility index (Phi) is 4.33. The van der Waals surface area contributed by atoms with E-state index in [4.69, 9.17) is 9.47 Å². The predicted octanol–water partition coefficient (Wildman–Crippen LogP) is 2.46. The van der Waals surface area contributed by atoms with Gasteiger partial charge in [-0.3, -0.25) is 0 Å². The van der Waals surface area contributed by atoms with Gasteiger partial charge in [0.1, 0.15) is 5.60 Å². The summed E-state index contributed by atoms with van der Waals surface area (Å²) in [4.78, 5) is 11.5. The quantitative estimate of drug-likeness (QED) is 0.494. The fourth-order valence-electron chi connectivity index (χ4n) is 1.47. The maximum absolute atomic E-state index is 11.5. The highest BCUT2D eigenvalue weighted by atomic mass is 16.6. The average molecular weight is 212 g/mol. The lowest BCUT2D eigenvalue weighted by Crippen LogP contribution is -2.22. The molecule has 0 N–H and O–H groups in total. The first-order valence-corrected chi connectivity index (χ1v) is 5.47. The van der Waals surface area contributed by atoms with Gasteiger partial charge in [-0.25, -0.2) is 4.79 Å². The molecule has 1 saturated heterocycles. The lowest BCUT2D eigenvalue weighted by Gasteiger charge is -2.18. The van der Waals surface area contributed by atoms with E-state index in [2.05, 4.69) is 0 Å². The highest BCUT2D eigenvalue weighted by Crippen LogP contribution is 2.16. The predicted molar refractivity (Wildman–Crippen MR) is 58.6 cm³/mol. The number of ether oxygens (including phenoxy) is 2. The zero-order valence-electron chi connectivity index (χ0n) is 9.84. The Balaban J connectivity index is 2.49. The van der Waals surface area contributed by atoms with Gasteiger partial charge >= 0.3 is 5.97 Å². The molecule has 1 rings (SSSR count). The molecule has 1 heterocycles. The van der Waals surface area contributed by atoms with Crippen LogP contribution in [-0.4, -0.2) is 24.8 Å². The molecule has 0 aromatic rings. The van der Waals surface area contributed by atoms with Gasteiger partial charge in [0.25, 0.3) is 0 Å². The van der Waals surface area contributed by atoms with Crippen molar-refractivity contribution in [3.05, 3.63) is 11.6 Å². The standard InChI is InChI=1S/C12H20O3/c1-12(2,3)15-11(13)9-10-5-4-7-14-8-6-10/h9H,4-8H2,1-3H3/b10-9-. The van der Waals surface area contributed by atoms with Crippen LogP contribution in [0, 0.1) is 0 Å². The maximum Gasteiger partial charge on any atom is 0.331 e. The van der Waals surface area contributed by atoms with Crippen LogP contribution < -0.4 is 0 Å². The Morgan fingerprint density at radius 1 is 1.33 bits per heavy atom. The molecule has 0 amide bonds. The van der Waals surface area contributed by atoms with Gasteiger partial charge in [0, 0.05) is 12.7 Å². The first kappa shape index (κ1) is 12.2. The molecule has 0 unspecified atom stereocenters. The van der Waals surface area contributed by atoms with Crippen LogP contribution in [0.3, 0.4) is 0 Å². The van der Waals surface area contributed by atoms with Crippen LogP contribution >= 0.6 is 0 Å². The summed E-state index contributed by atoms with van der Waals surface area (Å²) in [5.74, 6) is -0.237. The van der Waals surface area contributed by atoms with E-state index in [1.54, 1.807) is 6.08 Å². The number of esters is 1. The molecule has 0 saturated carbocycles. The van der Waals surface area contributed by atoms with Gasteiger partial charge in [0.15, 0.2) is 0 Å². The summed E-state index contributed by atoms with van der Waals surface area (Å²) in [5, 5.41) is 0. The van der Waals surface area contributed by atoms with Gasteiger partial charge in [0.05, 0.1) is 6.61 Å². The van der Waals surface area contributed by atoms with Crippen molar-refractivity contribution in [3.8, 4) is 0 Å². The fourth-order valence-corrected chi connectivity index (χ4v) is 1.47. The van der Waals surface area contributed by atoms with Crippen LogP contribution in [0.1, 0.15) is 40.0 Å². The Labute approximate surface area is 91.4 Å². The third-order valence-corrected chi connectivity index (χ3v) is 2.08.